The second kappa shape index (κ2) is 11.3. The maximum atomic E-state index is 13.7. The number of para-hydroxylation sites is 1. The number of fused-ring (bicyclic) bond motifs is 1. The van der Waals surface area contributed by atoms with Gasteiger partial charge in [-0.15, -0.1) is 12.4 Å². The molecule has 2 unspecified atom stereocenters. The average molecular weight is 517 g/mol. The van der Waals surface area contributed by atoms with Gasteiger partial charge in [-0.25, -0.2) is 9.97 Å². The molecule has 36 heavy (non-hydrogen) atoms. The summed E-state index contributed by atoms with van der Waals surface area (Å²) in [5, 5.41) is 8.69. The van der Waals surface area contributed by atoms with Crippen molar-refractivity contribution in [2.75, 3.05) is 19.0 Å². The van der Waals surface area contributed by atoms with E-state index in [1.165, 1.54) is 4.90 Å². The summed E-state index contributed by atoms with van der Waals surface area (Å²) >= 11 is 0. The summed E-state index contributed by atoms with van der Waals surface area (Å²) in [5.74, 6) is -0.425. The maximum Gasteiger partial charge on any atom is 0.247 e. The minimum Gasteiger partial charge on any atom is -0.358 e. The Labute approximate surface area is 217 Å². The second-order valence-electron chi connectivity index (χ2n) is 9.63. The molecule has 4 rings (SSSR count). The third-order valence-corrected chi connectivity index (χ3v) is 6.68. The molecule has 3 amide bonds. The van der Waals surface area contributed by atoms with E-state index in [4.69, 9.17) is 4.74 Å². The summed E-state index contributed by atoms with van der Waals surface area (Å²) in [4.78, 5) is 49.9. The van der Waals surface area contributed by atoms with Gasteiger partial charge in [0.05, 0.1) is 18.3 Å². The van der Waals surface area contributed by atoms with Crippen molar-refractivity contribution in [3.05, 3.63) is 42.7 Å². The van der Waals surface area contributed by atoms with Crippen molar-refractivity contribution in [2.24, 2.45) is 5.41 Å². The Morgan fingerprint density at radius 2 is 1.86 bits per heavy atom. The summed E-state index contributed by atoms with van der Waals surface area (Å²) in [5.41, 5.74) is 0.685. The van der Waals surface area contributed by atoms with Gasteiger partial charge in [0.15, 0.2) is 5.82 Å². The van der Waals surface area contributed by atoms with Crippen LogP contribution in [0.2, 0.25) is 0 Å². The van der Waals surface area contributed by atoms with Crippen molar-refractivity contribution >= 4 is 35.8 Å². The van der Waals surface area contributed by atoms with E-state index < -0.39 is 29.8 Å². The van der Waals surface area contributed by atoms with Crippen molar-refractivity contribution < 1.29 is 19.1 Å². The first kappa shape index (κ1) is 27.5. The molecule has 0 aliphatic carbocycles. The number of carbonyl (C=O) groups excluding carboxylic acids is 3. The van der Waals surface area contributed by atoms with Crippen LogP contribution in [0.1, 0.15) is 33.6 Å². The quantitative estimate of drug-likeness (QED) is 0.536. The third kappa shape index (κ3) is 5.50. The number of halogens is 1. The molecule has 0 bridgehead atoms. The zero-order chi connectivity index (χ0) is 25.2. The van der Waals surface area contributed by atoms with Gasteiger partial charge < -0.3 is 25.6 Å². The zero-order valence-electron chi connectivity index (χ0n) is 20.9. The number of carbonyl (C=O) groups is 3. The van der Waals surface area contributed by atoms with Crippen LogP contribution in [0.25, 0.3) is 11.4 Å². The van der Waals surface area contributed by atoms with E-state index in [2.05, 4.69) is 25.9 Å². The van der Waals surface area contributed by atoms with Gasteiger partial charge in [-0.2, -0.15) is 0 Å². The predicted molar refractivity (Wildman–Crippen MR) is 137 cm³/mol. The molecule has 2 aliphatic heterocycles. The Hall–Kier alpha value is -3.08. The van der Waals surface area contributed by atoms with Crippen molar-refractivity contribution in [3.8, 4) is 11.4 Å². The number of nitrogens with zero attached hydrogens (tertiary/aromatic N) is 3. The molecule has 2 aliphatic rings. The molecule has 4 atom stereocenters. The molecule has 194 valence electrons. The highest BCUT2D eigenvalue weighted by atomic mass is 35.5. The lowest BCUT2D eigenvalue weighted by Gasteiger charge is -2.33. The van der Waals surface area contributed by atoms with Crippen LogP contribution in [0.4, 0.5) is 5.69 Å². The topological polar surface area (TPSA) is 126 Å². The number of anilines is 1. The van der Waals surface area contributed by atoms with Crippen LogP contribution in [-0.2, 0) is 19.1 Å². The molecule has 0 saturated carbocycles. The van der Waals surface area contributed by atoms with Gasteiger partial charge in [-0.1, -0.05) is 26.0 Å². The van der Waals surface area contributed by atoms with Crippen LogP contribution in [-0.4, -0.2) is 70.6 Å². The fourth-order valence-electron chi connectivity index (χ4n) is 4.71. The van der Waals surface area contributed by atoms with Crippen molar-refractivity contribution in [2.45, 2.75) is 58.0 Å². The van der Waals surface area contributed by atoms with Crippen LogP contribution in [0.5, 0.6) is 0 Å². The number of likely N-dealkylation sites (N-methyl/N-ethyl adjacent to an activating group) is 1. The molecule has 1 aromatic carbocycles. The van der Waals surface area contributed by atoms with Gasteiger partial charge in [0.2, 0.25) is 17.7 Å². The predicted octanol–water partition coefficient (Wildman–Crippen LogP) is 1.97. The number of nitrogens with one attached hydrogen (secondary N) is 3. The summed E-state index contributed by atoms with van der Waals surface area (Å²) in [6.07, 6.45) is 3.60. The lowest BCUT2D eigenvalue weighted by molar-refractivity contribution is -0.148. The van der Waals surface area contributed by atoms with Crippen LogP contribution >= 0.6 is 12.4 Å². The Bertz CT molecular complexity index is 1100. The first-order valence-corrected chi connectivity index (χ1v) is 11.8. The number of ether oxygens (including phenoxy) is 1. The highest BCUT2D eigenvalue weighted by Gasteiger charge is 2.55. The Balaban J connectivity index is 0.00000361. The monoisotopic (exact) mass is 516 g/mol. The molecule has 0 radical (unpaired) electrons. The van der Waals surface area contributed by atoms with Gasteiger partial charge in [-0.3, -0.25) is 14.4 Å². The Morgan fingerprint density at radius 1 is 1.17 bits per heavy atom. The molecule has 11 heteroatoms. The first-order chi connectivity index (χ1) is 16.7. The fourth-order valence-corrected chi connectivity index (χ4v) is 4.71. The summed E-state index contributed by atoms with van der Waals surface area (Å²) < 4.78 is 5.99. The molecule has 3 heterocycles. The maximum absolute atomic E-state index is 13.7. The Morgan fingerprint density at radius 3 is 2.56 bits per heavy atom. The van der Waals surface area contributed by atoms with Gasteiger partial charge in [0.1, 0.15) is 18.3 Å². The molecule has 3 N–H and O–H groups in total. The number of rotatable bonds is 6. The average Bonchev–Trinajstić information content (AvgIpc) is 3.04. The van der Waals surface area contributed by atoms with Gasteiger partial charge >= 0.3 is 0 Å². The number of aromatic nitrogens is 2. The lowest BCUT2D eigenvalue weighted by atomic mass is 9.83. The number of hydrogen-bond acceptors (Lipinski definition) is 7. The molecule has 0 spiro atoms. The molecule has 1 aromatic heterocycles. The van der Waals surface area contributed by atoms with Gasteiger partial charge in [0.25, 0.3) is 0 Å². The van der Waals surface area contributed by atoms with Crippen molar-refractivity contribution in [1.29, 1.82) is 0 Å². The van der Waals surface area contributed by atoms with E-state index in [1.807, 2.05) is 32.0 Å². The van der Waals surface area contributed by atoms with Gasteiger partial charge in [-0.05, 0) is 44.0 Å². The molecule has 2 fully saturated rings. The number of benzene rings is 1. The number of hydrogen-bond donors (Lipinski definition) is 3. The van der Waals surface area contributed by atoms with Crippen LogP contribution in [0.3, 0.4) is 0 Å². The summed E-state index contributed by atoms with van der Waals surface area (Å²) in [7, 11) is 1.68. The SMILES string of the molecule is CNC(C)C(=O)N[C@H]1CCOC2CC(C)(C)[C@@H](C(=O)Nc3ccccc3-c3ncccn3)N2C1=O.Cl. The minimum atomic E-state index is -0.788. The van der Waals surface area contributed by atoms with Crippen molar-refractivity contribution in [3.63, 3.8) is 0 Å². The molecule has 2 saturated heterocycles. The van der Waals surface area contributed by atoms with E-state index in [9.17, 15) is 14.4 Å². The molecule has 2 aromatic rings. The highest BCUT2D eigenvalue weighted by molar-refractivity contribution is 6.01. The van der Waals surface area contributed by atoms with Crippen LogP contribution in [0.15, 0.2) is 42.7 Å². The third-order valence-electron chi connectivity index (χ3n) is 6.68. The van der Waals surface area contributed by atoms with E-state index >= 15 is 0 Å². The van der Waals surface area contributed by atoms with Crippen LogP contribution in [0, 0.1) is 5.41 Å². The standard InChI is InChI=1S/C25H32N6O4.ClH/c1-15(26-4)22(32)30-18-10-13-35-19-14-25(2,3)20(31(19)24(18)34)23(33)29-17-9-6-5-8-16(17)21-27-11-7-12-28-21;/h5-9,11-12,15,18-20,26H,10,13-14H2,1-4H3,(H,29,33)(H,30,32);1H/t15?,18-,19?,20+;/m0./s1. The number of amides is 3. The molecular weight excluding hydrogens is 484 g/mol. The van der Waals surface area contributed by atoms with E-state index in [-0.39, 0.29) is 30.1 Å². The molecular formula is C25H33ClN6O4. The lowest BCUT2D eigenvalue weighted by Crippen LogP contribution is -2.57. The van der Waals surface area contributed by atoms with E-state index in [0.29, 0.717) is 36.5 Å². The van der Waals surface area contributed by atoms with Gasteiger partial charge in [0, 0.05) is 24.4 Å². The summed E-state index contributed by atoms with van der Waals surface area (Å²) in [6.45, 7) is 5.93. The largest absolute Gasteiger partial charge is 0.358 e. The Kier molecular flexibility index (Phi) is 8.65. The zero-order valence-corrected chi connectivity index (χ0v) is 21.7. The van der Waals surface area contributed by atoms with Crippen LogP contribution < -0.4 is 16.0 Å². The second-order valence-corrected chi connectivity index (χ2v) is 9.63. The first-order valence-electron chi connectivity index (χ1n) is 11.8. The fraction of sp³-hybridized carbons (Fsp3) is 0.480. The molecule has 10 nitrogen and oxygen atoms in total. The normalized spacial score (nSPS) is 23.6. The summed E-state index contributed by atoms with van der Waals surface area (Å²) in [6, 6.07) is 7.01. The highest BCUT2D eigenvalue weighted by Crippen LogP contribution is 2.43. The van der Waals surface area contributed by atoms with E-state index in [1.54, 1.807) is 38.5 Å². The van der Waals surface area contributed by atoms with Crippen molar-refractivity contribution in [1.82, 2.24) is 25.5 Å². The minimum absolute atomic E-state index is 0. The van der Waals surface area contributed by atoms with E-state index in [0.717, 1.165) is 0 Å². The smallest absolute Gasteiger partial charge is 0.247 e.